The summed E-state index contributed by atoms with van der Waals surface area (Å²) < 4.78 is 19.0. The molecule has 3 aliphatic rings. The number of fused-ring (bicyclic) bond motifs is 4. The summed E-state index contributed by atoms with van der Waals surface area (Å²) in [4.78, 5) is 36.5. The van der Waals surface area contributed by atoms with Crippen molar-refractivity contribution in [1.29, 1.82) is 0 Å². The van der Waals surface area contributed by atoms with Gasteiger partial charge in [-0.2, -0.15) is 4.98 Å². The van der Waals surface area contributed by atoms with E-state index in [0.717, 1.165) is 22.4 Å². The minimum atomic E-state index is -1.15. The van der Waals surface area contributed by atoms with Crippen molar-refractivity contribution in [2.45, 2.75) is 71.2 Å². The standard InChI is InChI=1S/C33H35N5O6/c1-15(2)25-30-37-26(31-34-17(5)38-44-31)28(43-30)33-20-8-6-7-9-22(20)35-32(33)42-24-11-10-18(13-21(24)33)12-19(29(41)36-25)14-23(39)27(40)16(3)4/h6-11,13,15-16,19,25,27,32,35,40H,12,14H2,1-5H3,(H,36,41)/t19-,25+,27+,32+,33?/m1/s1. The van der Waals surface area contributed by atoms with Gasteiger partial charge >= 0.3 is 0 Å². The Bertz CT molecular complexity index is 1780. The Morgan fingerprint density at radius 1 is 1.09 bits per heavy atom. The molecule has 4 bridgehead atoms. The lowest BCUT2D eigenvalue weighted by molar-refractivity contribution is -0.135. The quantitative estimate of drug-likeness (QED) is 0.290. The number of aromatic nitrogens is 3. The molecule has 0 radical (unpaired) electrons. The van der Waals surface area contributed by atoms with Crippen LogP contribution in [-0.2, 0) is 21.4 Å². The summed E-state index contributed by atoms with van der Waals surface area (Å²) >= 11 is 0. The Balaban J connectivity index is 1.48. The molecule has 2 aromatic carbocycles. The van der Waals surface area contributed by atoms with E-state index >= 15 is 0 Å². The minimum absolute atomic E-state index is 0.106. The largest absolute Gasteiger partial charge is 0.469 e. The van der Waals surface area contributed by atoms with Gasteiger partial charge in [-0.15, -0.1) is 0 Å². The van der Waals surface area contributed by atoms with Gasteiger partial charge in [-0.25, -0.2) is 4.98 Å². The second-order valence-electron chi connectivity index (χ2n) is 12.7. The van der Waals surface area contributed by atoms with Gasteiger partial charge in [0.15, 0.2) is 29.3 Å². The Morgan fingerprint density at radius 3 is 2.61 bits per heavy atom. The van der Waals surface area contributed by atoms with E-state index < -0.39 is 29.7 Å². The minimum Gasteiger partial charge on any atom is -0.469 e. The van der Waals surface area contributed by atoms with Crippen molar-refractivity contribution in [3.05, 3.63) is 76.6 Å². The molecule has 11 nitrogen and oxygen atoms in total. The summed E-state index contributed by atoms with van der Waals surface area (Å²) in [6.07, 6.45) is -1.54. The number of nitrogens with zero attached hydrogens (tertiary/aromatic N) is 3. The molecular weight excluding hydrogens is 562 g/mol. The monoisotopic (exact) mass is 597 g/mol. The molecule has 0 fully saturated rings. The van der Waals surface area contributed by atoms with E-state index in [1.54, 1.807) is 20.8 Å². The lowest BCUT2D eigenvalue weighted by atomic mass is 9.72. The van der Waals surface area contributed by atoms with Gasteiger partial charge in [0.2, 0.25) is 11.8 Å². The van der Waals surface area contributed by atoms with Crippen LogP contribution in [0.1, 0.15) is 74.3 Å². The molecule has 7 rings (SSSR count). The molecule has 0 aliphatic carbocycles. The number of carbonyl (C=O) groups is 2. The molecule has 0 saturated heterocycles. The van der Waals surface area contributed by atoms with Crippen molar-refractivity contribution in [2.75, 3.05) is 5.32 Å². The summed E-state index contributed by atoms with van der Waals surface area (Å²) in [6, 6.07) is 13.2. The van der Waals surface area contributed by atoms with E-state index in [-0.39, 0.29) is 41.7 Å². The predicted molar refractivity (Wildman–Crippen MR) is 159 cm³/mol. The topological polar surface area (TPSA) is 153 Å². The van der Waals surface area contributed by atoms with E-state index in [1.165, 1.54) is 0 Å². The van der Waals surface area contributed by atoms with Gasteiger partial charge in [-0.05, 0) is 48.4 Å². The average molecular weight is 598 g/mol. The third-order valence-corrected chi connectivity index (χ3v) is 8.97. The summed E-state index contributed by atoms with van der Waals surface area (Å²) in [5, 5.41) is 21.2. The number of aryl methyl sites for hydroxylation is 1. The normalized spacial score (nSPS) is 24.1. The van der Waals surface area contributed by atoms with Crippen LogP contribution in [0.5, 0.6) is 5.75 Å². The number of oxazole rings is 1. The Hall–Kier alpha value is -4.51. The first-order valence-corrected chi connectivity index (χ1v) is 15.1. The van der Waals surface area contributed by atoms with Crippen LogP contribution in [0.4, 0.5) is 5.69 Å². The Labute approximate surface area is 254 Å². The maximum atomic E-state index is 13.9. The lowest BCUT2D eigenvalue weighted by Gasteiger charge is -2.28. The molecule has 2 aromatic heterocycles. The number of benzene rings is 2. The molecule has 4 aromatic rings. The zero-order valence-corrected chi connectivity index (χ0v) is 25.2. The molecule has 0 saturated carbocycles. The number of aliphatic hydroxyl groups excluding tert-OH is 1. The zero-order valence-electron chi connectivity index (χ0n) is 25.2. The molecule has 5 atom stereocenters. The predicted octanol–water partition coefficient (Wildman–Crippen LogP) is 4.47. The van der Waals surface area contributed by atoms with Gasteiger partial charge in [0.1, 0.15) is 23.3 Å². The molecule has 44 heavy (non-hydrogen) atoms. The Morgan fingerprint density at radius 2 is 1.89 bits per heavy atom. The van der Waals surface area contributed by atoms with Crippen molar-refractivity contribution in [3.63, 3.8) is 0 Å². The van der Waals surface area contributed by atoms with Crippen LogP contribution < -0.4 is 15.4 Å². The van der Waals surface area contributed by atoms with Crippen molar-refractivity contribution in [1.82, 2.24) is 20.4 Å². The molecule has 5 heterocycles. The number of amides is 1. The molecule has 3 aliphatic heterocycles. The van der Waals surface area contributed by atoms with Gasteiger partial charge < -0.3 is 29.4 Å². The lowest BCUT2D eigenvalue weighted by Crippen LogP contribution is -2.41. The smallest absolute Gasteiger partial charge is 0.280 e. The van der Waals surface area contributed by atoms with E-state index in [9.17, 15) is 14.7 Å². The number of para-hydroxylation sites is 1. The summed E-state index contributed by atoms with van der Waals surface area (Å²) in [7, 11) is 0. The third kappa shape index (κ3) is 4.24. The fourth-order valence-electron chi connectivity index (χ4n) is 6.69. The van der Waals surface area contributed by atoms with Crippen LogP contribution in [0.25, 0.3) is 11.6 Å². The summed E-state index contributed by atoms with van der Waals surface area (Å²) in [6.45, 7) is 9.23. The Kier molecular flexibility index (Phi) is 6.61. The first kappa shape index (κ1) is 28.3. The first-order chi connectivity index (χ1) is 21.1. The molecule has 3 N–H and O–H groups in total. The molecule has 11 heteroatoms. The van der Waals surface area contributed by atoms with Crippen molar-refractivity contribution in [3.8, 4) is 17.3 Å². The maximum absolute atomic E-state index is 13.9. The van der Waals surface area contributed by atoms with Crippen molar-refractivity contribution in [2.24, 2.45) is 17.8 Å². The van der Waals surface area contributed by atoms with E-state index in [0.29, 0.717) is 29.4 Å². The van der Waals surface area contributed by atoms with Crippen molar-refractivity contribution >= 4 is 17.4 Å². The highest BCUT2D eigenvalue weighted by Gasteiger charge is 2.61. The first-order valence-electron chi connectivity index (χ1n) is 15.1. The number of anilines is 1. The van der Waals surface area contributed by atoms with Crippen LogP contribution in [0.3, 0.4) is 0 Å². The number of ether oxygens (including phenoxy) is 1. The van der Waals surface area contributed by atoms with E-state index in [2.05, 4.69) is 20.8 Å². The number of ketones is 1. The van der Waals surface area contributed by atoms with Crippen molar-refractivity contribution < 1.29 is 28.4 Å². The van der Waals surface area contributed by atoms with Crippen LogP contribution in [0.15, 0.2) is 51.4 Å². The van der Waals surface area contributed by atoms with Crippen LogP contribution in [0.2, 0.25) is 0 Å². The number of hydrogen-bond donors (Lipinski definition) is 3. The third-order valence-electron chi connectivity index (χ3n) is 8.97. The van der Waals surface area contributed by atoms with Crippen LogP contribution in [-0.4, -0.2) is 44.3 Å². The second-order valence-corrected chi connectivity index (χ2v) is 12.7. The van der Waals surface area contributed by atoms with E-state index in [4.69, 9.17) is 18.7 Å². The molecular formula is C33H35N5O6. The zero-order chi connectivity index (χ0) is 30.9. The van der Waals surface area contributed by atoms with Crippen LogP contribution >= 0.6 is 0 Å². The SMILES string of the molecule is Cc1noc(-c2nc3oc2C24c5ccccc5N[C@H]2Oc2ccc(cc24)C[C@H](CC(=O)[C@@H](O)C(C)C)C(=O)N[C@H]3C(C)C)n1. The molecule has 228 valence electrons. The molecule has 1 unspecified atom stereocenters. The van der Waals surface area contributed by atoms with Gasteiger partial charge in [0.05, 0.1) is 0 Å². The summed E-state index contributed by atoms with van der Waals surface area (Å²) in [5.74, 6) is 0.260. The van der Waals surface area contributed by atoms with Gasteiger partial charge in [-0.1, -0.05) is 63.2 Å². The van der Waals surface area contributed by atoms with Crippen LogP contribution in [0, 0.1) is 24.7 Å². The highest BCUT2D eigenvalue weighted by molar-refractivity contribution is 5.89. The number of aliphatic hydroxyl groups is 1. The number of Topliss-reactive ketones (excluding diaryl/α,β-unsaturated/α-hetero) is 1. The average Bonchev–Trinajstić information content (AvgIpc) is 3.75. The van der Waals surface area contributed by atoms with Gasteiger partial charge in [-0.3, -0.25) is 9.59 Å². The number of carbonyl (C=O) groups excluding carboxylic acids is 2. The summed E-state index contributed by atoms with van der Waals surface area (Å²) in [5.41, 5.74) is 2.92. The maximum Gasteiger partial charge on any atom is 0.280 e. The van der Waals surface area contributed by atoms with E-state index in [1.807, 2.05) is 56.3 Å². The fourth-order valence-corrected chi connectivity index (χ4v) is 6.69. The second kappa shape index (κ2) is 10.3. The number of hydrogen-bond acceptors (Lipinski definition) is 10. The number of rotatable bonds is 6. The highest BCUT2D eigenvalue weighted by Crippen LogP contribution is 2.59. The fraction of sp³-hybridized carbons (Fsp3) is 0.424. The number of nitrogens with one attached hydrogen (secondary N) is 2. The molecule has 1 amide bonds. The van der Waals surface area contributed by atoms with Gasteiger partial charge in [0.25, 0.3) is 5.89 Å². The van der Waals surface area contributed by atoms with Gasteiger partial charge in [0, 0.05) is 23.6 Å². The highest BCUT2D eigenvalue weighted by atomic mass is 16.5. The molecule has 1 spiro atoms.